The molecule has 1 aliphatic rings. The highest BCUT2D eigenvalue weighted by molar-refractivity contribution is 5.97. The van der Waals surface area contributed by atoms with Crippen molar-refractivity contribution in [2.75, 3.05) is 44.4 Å². The summed E-state index contributed by atoms with van der Waals surface area (Å²) in [6.45, 7) is 1.90. The van der Waals surface area contributed by atoms with E-state index in [9.17, 15) is 9.59 Å². The first-order valence-corrected chi connectivity index (χ1v) is 7.12. The molecule has 1 saturated heterocycles. The highest BCUT2D eigenvalue weighted by atomic mass is 16.2. The first kappa shape index (κ1) is 15.2. The fourth-order valence-electron chi connectivity index (χ4n) is 2.39. The van der Waals surface area contributed by atoms with Crippen LogP contribution in [0.25, 0.3) is 0 Å². The number of nitrogens with two attached hydrogens (primary N) is 1. The van der Waals surface area contributed by atoms with Crippen LogP contribution in [0.4, 0.5) is 16.2 Å². The number of para-hydroxylation sites is 2. The molecule has 6 nitrogen and oxygen atoms in total. The molecular formula is C15H22N4O2. The number of rotatable bonds is 5. The van der Waals surface area contributed by atoms with E-state index in [2.05, 4.69) is 0 Å². The maximum absolute atomic E-state index is 12.4. The number of amides is 3. The molecule has 0 aliphatic carbocycles. The van der Waals surface area contributed by atoms with Gasteiger partial charge in [0.1, 0.15) is 0 Å². The number of nitrogen functional groups attached to an aromatic ring is 1. The third-order valence-electron chi connectivity index (χ3n) is 3.64. The molecule has 0 saturated carbocycles. The van der Waals surface area contributed by atoms with Gasteiger partial charge < -0.3 is 15.5 Å². The Morgan fingerprint density at radius 3 is 2.67 bits per heavy atom. The highest BCUT2D eigenvalue weighted by Gasteiger charge is 2.30. The molecule has 0 radical (unpaired) electrons. The normalized spacial score (nSPS) is 14.7. The number of hydrogen-bond donors (Lipinski definition) is 1. The third kappa shape index (κ3) is 3.45. The Morgan fingerprint density at radius 2 is 2.00 bits per heavy atom. The quantitative estimate of drug-likeness (QED) is 0.833. The zero-order valence-electron chi connectivity index (χ0n) is 12.6. The molecule has 1 fully saturated rings. The molecule has 1 aromatic rings. The van der Waals surface area contributed by atoms with Gasteiger partial charge in [0, 0.05) is 40.2 Å². The summed E-state index contributed by atoms with van der Waals surface area (Å²) in [5.74, 6) is 0.0887. The summed E-state index contributed by atoms with van der Waals surface area (Å²) < 4.78 is 0. The second kappa shape index (κ2) is 6.47. The van der Waals surface area contributed by atoms with Gasteiger partial charge in [-0.3, -0.25) is 9.69 Å². The fraction of sp³-hybridized carbons (Fsp3) is 0.467. The molecule has 2 rings (SSSR count). The van der Waals surface area contributed by atoms with Gasteiger partial charge in [-0.15, -0.1) is 0 Å². The monoisotopic (exact) mass is 290 g/mol. The lowest BCUT2D eigenvalue weighted by atomic mass is 10.2. The van der Waals surface area contributed by atoms with Gasteiger partial charge >= 0.3 is 6.03 Å². The molecular weight excluding hydrogens is 268 g/mol. The Hall–Kier alpha value is -2.24. The van der Waals surface area contributed by atoms with Crippen LogP contribution in [0.2, 0.25) is 0 Å². The maximum atomic E-state index is 12.4. The summed E-state index contributed by atoms with van der Waals surface area (Å²) in [5, 5.41) is 0. The summed E-state index contributed by atoms with van der Waals surface area (Å²) in [7, 11) is 3.48. The summed E-state index contributed by atoms with van der Waals surface area (Å²) in [6.07, 6.45) is 1.14. The van der Waals surface area contributed by atoms with Gasteiger partial charge in [-0.1, -0.05) is 12.1 Å². The Bertz CT molecular complexity index is 530. The zero-order chi connectivity index (χ0) is 15.4. The highest BCUT2D eigenvalue weighted by Crippen LogP contribution is 2.26. The standard InChI is InChI=1S/C15H22N4O2/c1-17(2)14(20)8-5-9-18-10-11-19(15(18)21)13-7-4-3-6-12(13)16/h3-4,6-7H,5,8-11,16H2,1-2H3. The average molecular weight is 290 g/mol. The lowest BCUT2D eigenvalue weighted by Crippen LogP contribution is -2.33. The fourth-order valence-corrected chi connectivity index (χ4v) is 2.39. The number of urea groups is 1. The summed E-state index contributed by atoms with van der Waals surface area (Å²) in [4.78, 5) is 28.9. The number of hydrogen-bond acceptors (Lipinski definition) is 3. The van der Waals surface area contributed by atoms with Crippen LogP contribution in [0.5, 0.6) is 0 Å². The number of carbonyl (C=O) groups excluding carboxylic acids is 2. The number of benzene rings is 1. The zero-order valence-corrected chi connectivity index (χ0v) is 12.6. The van der Waals surface area contributed by atoms with Crippen molar-refractivity contribution in [2.24, 2.45) is 0 Å². The van der Waals surface area contributed by atoms with E-state index in [1.54, 1.807) is 34.9 Å². The van der Waals surface area contributed by atoms with Crippen molar-refractivity contribution in [2.45, 2.75) is 12.8 Å². The van der Waals surface area contributed by atoms with Gasteiger partial charge in [0.25, 0.3) is 0 Å². The van der Waals surface area contributed by atoms with E-state index in [0.29, 0.717) is 38.2 Å². The van der Waals surface area contributed by atoms with Crippen LogP contribution in [0.15, 0.2) is 24.3 Å². The van der Waals surface area contributed by atoms with Crippen LogP contribution in [0.1, 0.15) is 12.8 Å². The topological polar surface area (TPSA) is 69.9 Å². The van der Waals surface area contributed by atoms with Gasteiger partial charge in [0.2, 0.25) is 5.91 Å². The number of nitrogens with zero attached hydrogens (tertiary/aromatic N) is 3. The Morgan fingerprint density at radius 1 is 1.29 bits per heavy atom. The summed E-state index contributed by atoms with van der Waals surface area (Å²) in [5.41, 5.74) is 7.28. The van der Waals surface area contributed by atoms with Crippen molar-refractivity contribution >= 4 is 23.3 Å². The summed E-state index contributed by atoms with van der Waals surface area (Å²) in [6, 6.07) is 7.33. The van der Waals surface area contributed by atoms with E-state index in [0.717, 1.165) is 5.69 Å². The van der Waals surface area contributed by atoms with Crippen LogP contribution < -0.4 is 10.6 Å². The second-order valence-corrected chi connectivity index (χ2v) is 5.37. The van der Waals surface area contributed by atoms with Crippen LogP contribution in [-0.4, -0.2) is 55.5 Å². The molecule has 1 heterocycles. The largest absolute Gasteiger partial charge is 0.397 e. The van der Waals surface area contributed by atoms with Gasteiger partial charge in [0.05, 0.1) is 11.4 Å². The molecule has 2 N–H and O–H groups in total. The Kier molecular flexibility index (Phi) is 4.67. The predicted molar refractivity (Wildman–Crippen MR) is 83.1 cm³/mol. The first-order valence-electron chi connectivity index (χ1n) is 7.12. The predicted octanol–water partition coefficient (Wildman–Crippen LogP) is 1.38. The molecule has 0 bridgehead atoms. The molecule has 0 spiro atoms. The molecule has 21 heavy (non-hydrogen) atoms. The lowest BCUT2D eigenvalue weighted by Gasteiger charge is -2.20. The van der Waals surface area contributed by atoms with Crippen molar-refractivity contribution in [1.29, 1.82) is 0 Å². The van der Waals surface area contributed by atoms with E-state index in [1.807, 2.05) is 18.2 Å². The van der Waals surface area contributed by atoms with Crippen LogP contribution in [0.3, 0.4) is 0 Å². The maximum Gasteiger partial charge on any atom is 0.324 e. The Labute approximate surface area is 125 Å². The van der Waals surface area contributed by atoms with E-state index >= 15 is 0 Å². The second-order valence-electron chi connectivity index (χ2n) is 5.37. The molecule has 3 amide bonds. The first-order chi connectivity index (χ1) is 10.0. The van der Waals surface area contributed by atoms with E-state index in [4.69, 9.17) is 5.73 Å². The minimum atomic E-state index is -0.0368. The van der Waals surface area contributed by atoms with E-state index in [-0.39, 0.29) is 11.9 Å². The van der Waals surface area contributed by atoms with Crippen molar-refractivity contribution in [3.05, 3.63) is 24.3 Å². The van der Waals surface area contributed by atoms with Gasteiger partial charge in [-0.05, 0) is 18.6 Å². The number of carbonyl (C=O) groups is 2. The van der Waals surface area contributed by atoms with Crippen molar-refractivity contribution in [3.63, 3.8) is 0 Å². The minimum Gasteiger partial charge on any atom is -0.397 e. The smallest absolute Gasteiger partial charge is 0.324 e. The number of anilines is 2. The lowest BCUT2D eigenvalue weighted by molar-refractivity contribution is -0.128. The molecule has 0 unspecified atom stereocenters. The molecule has 114 valence electrons. The van der Waals surface area contributed by atoms with E-state index in [1.165, 1.54) is 0 Å². The van der Waals surface area contributed by atoms with Crippen LogP contribution in [-0.2, 0) is 4.79 Å². The Balaban J connectivity index is 1.90. The molecule has 0 atom stereocenters. The molecule has 1 aromatic carbocycles. The van der Waals surface area contributed by atoms with Crippen molar-refractivity contribution < 1.29 is 9.59 Å². The SMILES string of the molecule is CN(C)C(=O)CCCN1CCN(c2ccccc2N)C1=O. The molecule has 1 aliphatic heterocycles. The molecule has 6 heteroatoms. The minimum absolute atomic E-state index is 0.0368. The van der Waals surface area contributed by atoms with E-state index < -0.39 is 0 Å². The van der Waals surface area contributed by atoms with Crippen molar-refractivity contribution in [1.82, 2.24) is 9.80 Å². The third-order valence-corrected chi connectivity index (χ3v) is 3.64. The average Bonchev–Trinajstić information content (AvgIpc) is 2.81. The van der Waals surface area contributed by atoms with Gasteiger partial charge in [0.15, 0.2) is 0 Å². The van der Waals surface area contributed by atoms with Crippen molar-refractivity contribution in [3.8, 4) is 0 Å². The van der Waals surface area contributed by atoms with Gasteiger partial charge in [-0.25, -0.2) is 4.79 Å². The van der Waals surface area contributed by atoms with Gasteiger partial charge in [-0.2, -0.15) is 0 Å². The molecule has 0 aromatic heterocycles. The van der Waals surface area contributed by atoms with Crippen LogP contribution >= 0.6 is 0 Å². The summed E-state index contributed by atoms with van der Waals surface area (Å²) >= 11 is 0. The van der Waals surface area contributed by atoms with Crippen LogP contribution in [0, 0.1) is 0 Å².